The van der Waals surface area contributed by atoms with Gasteiger partial charge in [-0.05, 0) is 12.8 Å². The molecule has 0 spiro atoms. The molecule has 0 radical (unpaired) electrons. The average Bonchev–Trinajstić information content (AvgIpc) is 2.67. The van der Waals surface area contributed by atoms with Crippen LogP contribution in [-0.2, 0) is 6.54 Å². The average molecular weight is 224 g/mol. The van der Waals surface area contributed by atoms with Crippen molar-refractivity contribution in [3.63, 3.8) is 0 Å². The van der Waals surface area contributed by atoms with Crippen molar-refractivity contribution >= 4 is 11.6 Å². The first-order valence-electron chi connectivity index (χ1n) is 5.69. The fourth-order valence-electron chi connectivity index (χ4n) is 1.27. The smallest absolute Gasteiger partial charge is 0.273 e. The van der Waals surface area contributed by atoms with Crippen LogP contribution in [0.15, 0.2) is 6.20 Å². The van der Waals surface area contributed by atoms with Crippen molar-refractivity contribution < 1.29 is 4.79 Å². The summed E-state index contributed by atoms with van der Waals surface area (Å²) in [6.45, 7) is 7.51. The molecule has 1 aromatic rings. The minimum atomic E-state index is -0.190. The first-order chi connectivity index (χ1) is 7.58. The highest BCUT2D eigenvalue weighted by molar-refractivity contribution is 5.96. The second-order valence-electron chi connectivity index (χ2n) is 4.01. The topological polar surface area (TPSA) is 72.9 Å². The van der Waals surface area contributed by atoms with Crippen LogP contribution in [0.4, 0.5) is 5.69 Å². The Morgan fingerprint density at radius 2 is 2.31 bits per heavy atom. The summed E-state index contributed by atoms with van der Waals surface area (Å²) in [7, 11) is 0. The molecular formula is C11H20N4O. The lowest BCUT2D eigenvalue weighted by molar-refractivity contribution is 0.0943. The Morgan fingerprint density at radius 1 is 1.62 bits per heavy atom. The van der Waals surface area contributed by atoms with E-state index in [1.807, 2.05) is 6.92 Å². The standard InChI is InChI=1S/C11H20N4O/c1-4-8(3)6-13-11(16)10-9(12)7-15(5-2)14-10/h7-8H,4-6,12H2,1-3H3,(H,13,16). The zero-order valence-electron chi connectivity index (χ0n) is 10.2. The van der Waals surface area contributed by atoms with E-state index in [0.29, 0.717) is 30.4 Å². The number of anilines is 1. The number of nitrogens with one attached hydrogen (secondary N) is 1. The first kappa shape index (κ1) is 12.5. The van der Waals surface area contributed by atoms with E-state index in [1.54, 1.807) is 10.9 Å². The second kappa shape index (κ2) is 5.53. The van der Waals surface area contributed by atoms with Gasteiger partial charge in [-0.25, -0.2) is 0 Å². The predicted octanol–water partition coefficient (Wildman–Crippen LogP) is 1.26. The Labute approximate surface area is 96.0 Å². The van der Waals surface area contributed by atoms with Gasteiger partial charge in [0.1, 0.15) is 0 Å². The van der Waals surface area contributed by atoms with E-state index in [-0.39, 0.29) is 5.91 Å². The monoisotopic (exact) mass is 224 g/mol. The lowest BCUT2D eigenvalue weighted by atomic mass is 10.1. The lowest BCUT2D eigenvalue weighted by Crippen LogP contribution is -2.29. The number of carbonyl (C=O) groups is 1. The number of nitrogens with zero attached hydrogens (tertiary/aromatic N) is 2. The maximum Gasteiger partial charge on any atom is 0.273 e. The quantitative estimate of drug-likeness (QED) is 0.790. The van der Waals surface area contributed by atoms with Gasteiger partial charge in [0.25, 0.3) is 5.91 Å². The van der Waals surface area contributed by atoms with Crippen LogP contribution < -0.4 is 11.1 Å². The molecule has 1 rings (SSSR count). The first-order valence-corrected chi connectivity index (χ1v) is 5.69. The number of rotatable bonds is 5. The molecule has 0 saturated heterocycles. The highest BCUT2D eigenvalue weighted by atomic mass is 16.1. The summed E-state index contributed by atoms with van der Waals surface area (Å²) in [4.78, 5) is 11.7. The maximum atomic E-state index is 11.7. The van der Waals surface area contributed by atoms with Crippen molar-refractivity contribution in [2.45, 2.75) is 33.7 Å². The molecule has 0 fully saturated rings. The Bertz CT molecular complexity index is 359. The predicted molar refractivity (Wildman–Crippen MR) is 64.1 cm³/mol. The molecule has 16 heavy (non-hydrogen) atoms. The van der Waals surface area contributed by atoms with E-state index >= 15 is 0 Å². The molecular weight excluding hydrogens is 204 g/mol. The SMILES string of the molecule is CCC(C)CNC(=O)c1nn(CC)cc1N. The number of hydrogen-bond donors (Lipinski definition) is 2. The Hall–Kier alpha value is -1.52. The van der Waals surface area contributed by atoms with Crippen LogP contribution in [0.2, 0.25) is 0 Å². The molecule has 0 aromatic carbocycles. The van der Waals surface area contributed by atoms with Crippen molar-refractivity contribution in [2.75, 3.05) is 12.3 Å². The highest BCUT2D eigenvalue weighted by Crippen LogP contribution is 2.09. The van der Waals surface area contributed by atoms with Crippen molar-refractivity contribution in [2.24, 2.45) is 5.92 Å². The fourth-order valence-corrected chi connectivity index (χ4v) is 1.27. The number of carbonyl (C=O) groups excluding carboxylic acids is 1. The van der Waals surface area contributed by atoms with Crippen LogP contribution >= 0.6 is 0 Å². The van der Waals surface area contributed by atoms with Gasteiger partial charge in [-0.1, -0.05) is 20.3 Å². The maximum absolute atomic E-state index is 11.7. The molecule has 0 saturated carbocycles. The molecule has 1 atom stereocenters. The van der Waals surface area contributed by atoms with Gasteiger partial charge in [0.05, 0.1) is 5.69 Å². The van der Waals surface area contributed by atoms with Crippen LogP contribution in [0.3, 0.4) is 0 Å². The summed E-state index contributed by atoms with van der Waals surface area (Å²) in [5.41, 5.74) is 6.47. The van der Waals surface area contributed by atoms with Crippen molar-refractivity contribution in [3.05, 3.63) is 11.9 Å². The van der Waals surface area contributed by atoms with Gasteiger partial charge in [-0.3, -0.25) is 9.48 Å². The third-order valence-electron chi connectivity index (χ3n) is 2.64. The molecule has 5 heteroatoms. The molecule has 5 nitrogen and oxygen atoms in total. The Kier molecular flexibility index (Phi) is 4.34. The van der Waals surface area contributed by atoms with E-state index in [0.717, 1.165) is 6.42 Å². The Morgan fingerprint density at radius 3 is 2.81 bits per heavy atom. The minimum absolute atomic E-state index is 0.190. The van der Waals surface area contributed by atoms with E-state index < -0.39 is 0 Å². The van der Waals surface area contributed by atoms with Gasteiger partial charge in [0, 0.05) is 19.3 Å². The lowest BCUT2D eigenvalue weighted by Gasteiger charge is -2.08. The second-order valence-corrected chi connectivity index (χ2v) is 4.01. The van der Waals surface area contributed by atoms with Gasteiger partial charge in [-0.2, -0.15) is 5.10 Å². The highest BCUT2D eigenvalue weighted by Gasteiger charge is 2.14. The largest absolute Gasteiger partial charge is 0.396 e. The van der Waals surface area contributed by atoms with Gasteiger partial charge < -0.3 is 11.1 Å². The zero-order chi connectivity index (χ0) is 12.1. The molecule has 0 aliphatic carbocycles. The molecule has 1 aromatic heterocycles. The van der Waals surface area contributed by atoms with E-state index in [9.17, 15) is 4.79 Å². The van der Waals surface area contributed by atoms with E-state index in [4.69, 9.17) is 5.73 Å². The fraction of sp³-hybridized carbons (Fsp3) is 0.636. The van der Waals surface area contributed by atoms with Gasteiger partial charge in [0.15, 0.2) is 5.69 Å². The molecule has 90 valence electrons. The van der Waals surface area contributed by atoms with Gasteiger partial charge >= 0.3 is 0 Å². The van der Waals surface area contributed by atoms with E-state index in [2.05, 4.69) is 24.3 Å². The molecule has 1 heterocycles. The van der Waals surface area contributed by atoms with Crippen molar-refractivity contribution in [1.29, 1.82) is 0 Å². The van der Waals surface area contributed by atoms with Gasteiger partial charge in [0.2, 0.25) is 0 Å². The number of amides is 1. The molecule has 1 unspecified atom stereocenters. The molecule has 0 bridgehead atoms. The van der Waals surface area contributed by atoms with Crippen molar-refractivity contribution in [3.8, 4) is 0 Å². The van der Waals surface area contributed by atoms with Gasteiger partial charge in [-0.15, -0.1) is 0 Å². The molecule has 3 N–H and O–H groups in total. The molecule has 1 amide bonds. The summed E-state index contributed by atoms with van der Waals surface area (Å²) < 4.78 is 1.66. The van der Waals surface area contributed by atoms with Crippen LogP contribution in [0.1, 0.15) is 37.7 Å². The van der Waals surface area contributed by atoms with Crippen LogP contribution in [0, 0.1) is 5.92 Å². The summed E-state index contributed by atoms with van der Waals surface area (Å²) >= 11 is 0. The van der Waals surface area contributed by atoms with Crippen molar-refractivity contribution in [1.82, 2.24) is 15.1 Å². The number of hydrogen-bond acceptors (Lipinski definition) is 3. The number of aromatic nitrogens is 2. The zero-order valence-corrected chi connectivity index (χ0v) is 10.2. The molecule has 0 aliphatic rings. The van der Waals surface area contributed by atoms with Crippen LogP contribution in [0.5, 0.6) is 0 Å². The molecule has 0 aliphatic heterocycles. The third-order valence-corrected chi connectivity index (χ3v) is 2.64. The Balaban J connectivity index is 2.62. The number of aryl methyl sites for hydroxylation is 1. The minimum Gasteiger partial charge on any atom is -0.396 e. The summed E-state index contributed by atoms with van der Waals surface area (Å²) in [6, 6.07) is 0. The number of nitrogen functional groups attached to an aromatic ring is 1. The normalized spacial score (nSPS) is 12.4. The summed E-state index contributed by atoms with van der Waals surface area (Å²) in [6.07, 6.45) is 2.72. The summed E-state index contributed by atoms with van der Waals surface area (Å²) in [5.74, 6) is 0.281. The third kappa shape index (κ3) is 2.98. The van der Waals surface area contributed by atoms with Crippen LogP contribution in [0.25, 0.3) is 0 Å². The summed E-state index contributed by atoms with van der Waals surface area (Å²) in [5, 5.41) is 6.94. The number of nitrogens with two attached hydrogens (primary N) is 1. The van der Waals surface area contributed by atoms with E-state index in [1.165, 1.54) is 0 Å². The van der Waals surface area contributed by atoms with Crippen LogP contribution in [-0.4, -0.2) is 22.2 Å².